The van der Waals surface area contributed by atoms with Crippen molar-refractivity contribution in [3.8, 4) is 11.4 Å². The van der Waals surface area contributed by atoms with Crippen LogP contribution in [-0.2, 0) is 6.54 Å². The molecule has 3 aromatic rings. The Hall–Kier alpha value is -2.47. The van der Waals surface area contributed by atoms with Gasteiger partial charge in [-0.25, -0.2) is 4.39 Å². The Morgan fingerprint density at radius 3 is 2.50 bits per heavy atom. The van der Waals surface area contributed by atoms with Gasteiger partial charge in [0, 0.05) is 17.7 Å². The van der Waals surface area contributed by atoms with Crippen LogP contribution in [0, 0.1) is 12.7 Å². The van der Waals surface area contributed by atoms with E-state index in [2.05, 4.69) is 10.2 Å². The number of aryl methyl sites for hydroxylation is 1. The molecule has 1 atom stereocenters. The highest BCUT2D eigenvalue weighted by Gasteiger charge is 2.21. The Balaban J connectivity index is 1.85. The first-order chi connectivity index (χ1) is 12.5. The number of thioether (sulfide) groups is 1. The third-order valence-corrected chi connectivity index (χ3v) is 5.28. The van der Waals surface area contributed by atoms with Crippen LogP contribution in [0.1, 0.15) is 29.8 Å². The number of Topliss-reactive ketones (excluding diaryl/α,β-unsaturated/α-hetero) is 1. The Bertz CT molecular complexity index is 921. The molecular formula is C20H20FN3OS. The first kappa shape index (κ1) is 18.3. The molecule has 0 saturated heterocycles. The van der Waals surface area contributed by atoms with E-state index in [1.807, 2.05) is 49.6 Å². The number of halogens is 1. The molecule has 0 unspecified atom stereocenters. The minimum atomic E-state index is -0.351. The summed E-state index contributed by atoms with van der Waals surface area (Å²) in [6.45, 7) is 6.61. The number of aromatic nitrogens is 3. The highest BCUT2D eigenvalue weighted by atomic mass is 32.2. The largest absolute Gasteiger partial charge is 0.302 e. The van der Waals surface area contributed by atoms with E-state index in [-0.39, 0.29) is 16.9 Å². The van der Waals surface area contributed by atoms with Gasteiger partial charge >= 0.3 is 0 Å². The molecule has 0 aliphatic carbocycles. The molecule has 1 aromatic heterocycles. The highest BCUT2D eigenvalue weighted by molar-refractivity contribution is 8.00. The molecule has 1 heterocycles. The lowest BCUT2D eigenvalue weighted by Gasteiger charge is -2.12. The Labute approximate surface area is 156 Å². The topological polar surface area (TPSA) is 47.8 Å². The van der Waals surface area contributed by atoms with E-state index in [4.69, 9.17) is 0 Å². The fourth-order valence-corrected chi connectivity index (χ4v) is 3.73. The molecule has 0 bridgehead atoms. The van der Waals surface area contributed by atoms with Crippen molar-refractivity contribution in [2.24, 2.45) is 0 Å². The molecule has 0 aliphatic heterocycles. The number of ketones is 1. The van der Waals surface area contributed by atoms with Crippen molar-refractivity contribution in [3.05, 3.63) is 65.5 Å². The van der Waals surface area contributed by atoms with Crippen LogP contribution in [0.5, 0.6) is 0 Å². The molecule has 2 aromatic carbocycles. The molecule has 134 valence electrons. The van der Waals surface area contributed by atoms with Gasteiger partial charge in [-0.05, 0) is 50.6 Å². The fourth-order valence-electron chi connectivity index (χ4n) is 2.74. The maximum absolute atomic E-state index is 13.1. The minimum Gasteiger partial charge on any atom is -0.302 e. The van der Waals surface area contributed by atoms with Gasteiger partial charge in [0.15, 0.2) is 16.8 Å². The van der Waals surface area contributed by atoms with E-state index >= 15 is 0 Å². The van der Waals surface area contributed by atoms with E-state index in [1.165, 1.54) is 36.0 Å². The average Bonchev–Trinajstić information content (AvgIpc) is 3.04. The summed E-state index contributed by atoms with van der Waals surface area (Å²) >= 11 is 1.37. The quantitative estimate of drug-likeness (QED) is 0.464. The van der Waals surface area contributed by atoms with E-state index in [0.29, 0.717) is 17.3 Å². The van der Waals surface area contributed by atoms with Crippen LogP contribution in [0.15, 0.2) is 53.7 Å². The number of hydrogen-bond acceptors (Lipinski definition) is 4. The summed E-state index contributed by atoms with van der Waals surface area (Å²) in [5.74, 6) is 0.392. The van der Waals surface area contributed by atoms with Crippen molar-refractivity contribution in [2.45, 2.75) is 37.7 Å². The van der Waals surface area contributed by atoms with Crippen LogP contribution in [-0.4, -0.2) is 25.8 Å². The molecule has 6 heteroatoms. The van der Waals surface area contributed by atoms with Gasteiger partial charge in [-0.15, -0.1) is 10.2 Å². The zero-order valence-corrected chi connectivity index (χ0v) is 15.8. The number of carbonyl (C=O) groups excluding carboxylic acids is 1. The van der Waals surface area contributed by atoms with Gasteiger partial charge in [-0.1, -0.05) is 36.0 Å². The molecule has 3 rings (SSSR count). The maximum Gasteiger partial charge on any atom is 0.192 e. The van der Waals surface area contributed by atoms with Crippen molar-refractivity contribution < 1.29 is 9.18 Å². The van der Waals surface area contributed by atoms with Gasteiger partial charge in [-0.3, -0.25) is 4.79 Å². The normalized spacial score (nSPS) is 12.2. The van der Waals surface area contributed by atoms with Crippen LogP contribution in [0.4, 0.5) is 4.39 Å². The Kier molecular flexibility index (Phi) is 5.52. The fraction of sp³-hybridized carbons (Fsp3) is 0.250. The first-order valence-corrected chi connectivity index (χ1v) is 9.35. The molecule has 0 radical (unpaired) electrons. The molecule has 0 spiro atoms. The van der Waals surface area contributed by atoms with Crippen molar-refractivity contribution >= 4 is 17.5 Å². The summed E-state index contributed by atoms with van der Waals surface area (Å²) in [7, 11) is 0. The summed E-state index contributed by atoms with van der Waals surface area (Å²) in [6.07, 6.45) is 0. The Morgan fingerprint density at radius 1 is 1.15 bits per heavy atom. The lowest BCUT2D eigenvalue weighted by Crippen LogP contribution is -2.14. The predicted molar refractivity (Wildman–Crippen MR) is 102 cm³/mol. The monoisotopic (exact) mass is 369 g/mol. The lowest BCUT2D eigenvalue weighted by molar-refractivity contribution is 0.0994. The zero-order chi connectivity index (χ0) is 18.7. The summed E-state index contributed by atoms with van der Waals surface area (Å²) in [5.41, 5.74) is 2.65. The van der Waals surface area contributed by atoms with Crippen molar-refractivity contribution in [1.82, 2.24) is 14.8 Å². The predicted octanol–water partition coefficient (Wildman–Crippen LogP) is 4.78. The molecule has 26 heavy (non-hydrogen) atoms. The third kappa shape index (κ3) is 3.70. The first-order valence-electron chi connectivity index (χ1n) is 8.47. The molecule has 4 nitrogen and oxygen atoms in total. The van der Waals surface area contributed by atoms with Gasteiger partial charge in [0.2, 0.25) is 0 Å². The van der Waals surface area contributed by atoms with Crippen molar-refractivity contribution in [3.63, 3.8) is 0 Å². The molecule has 0 fully saturated rings. The molecule has 0 saturated carbocycles. The number of benzene rings is 2. The van der Waals surface area contributed by atoms with E-state index in [9.17, 15) is 9.18 Å². The third-order valence-electron chi connectivity index (χ3n) is 4.20. The van der Waals surface area contributed by atoms with Crippen molar-refractivity contribution in [1.29, 1.82) is 0 Å². The number of nitrogens with zero attached hydrogens (tertiary/aromatic N) is 3. The number of rotatable bonds is 6. The number of hydrogen-bond donors (Lipinski definition) is 0. The van der Waals surface area contributed by atoms with Gasteiger partial charge in [0.05, 0.1) is 5.25 Å². The van der Waals surface area contributed by atoms with Crippen molar-refractivity contribution in [2.75, 3.05) is 0 Å². The van der Waals surface area contributed by atoms with Gasteiger partial charge in [-0.2, -0.15) is 0 Å². The standard InChI is InChI=1S/C20H20FN3OS/c1-4-24-19(17-8-6-5-7-13(17)2)22-23-20(24)26-14(3)18(25)15-9-11-16(21)12-10-15/h5-12,14H,4H2,1-3H3/t14-/m1/s1. The average molecular weight is 369 g/mol. The maximum atomic E-state index is 13.1. The molecular weight excluding hydrogens is 349 g/mol. The lowest BCUT2D eigenvalue weighted by atomic mass is 10.1. The van der Waals surface area contributed by atoms with Crippen LogP contribution in [0.2, 0.25) is 0 Å². The second-order valence-corrected chi connectivity index (χ2v) is 7.30. The van der Waals surface area contributed by atoms with Crippen LogP contribution in [0.3, 0.4) is 0 Å². The highest BCUT2D eigenvalue weighted by Crippen LogP contribution is 2.29. The van der Waals surface area contributed by atoms with Crippen LogP contribution >= 0.6 is 11.8 Å². The summed E-state index contributed by atoms with van der Waals surface area (Å²) in [5, 5.41) is 9.00. The van der Waals surface area contributed by atoms with E-state index < -0.39 is 0 Å². The Morgan fingerprint density at radius 2 is 1.85 bits per heavy atom. The summed E-state index contributed by atoms with van der Waals surface area (Å²) in [6, 6.07) is 13.7. The van der Waals surface area contributed by atoms with E-state index in [0.717, 1.165) is 17.0 Å². The van der Waals surface area contributed by atoms with Crippen LogP contribution in [0.25, 0.3) is 11.4 Å². The van der Waals surface area contributed by atoms with Crippen LogP contribution < -0.4 is 0 Å². The molecule has 0 aliphatic rings. The minimum absolute atomic E-state index is 0.0573. The number of carbonyl (C=O) groups is 1. The smallest absolute Gasteiger partial charge is 0.192 e. The zero-order valence-electron chi connectivity index (χ0n) is 14.9. The molecule has 0 amide bonds. The summed E-state index contributed by atoms with van der Waals surface area (Å²) in [4.78, 5) is 12.6. The SMILES string of the molecule is CCn1c(S[C@H](C)C(=O)c2ccc(F)cc2)nnc1-c1ccccc1C. The molecule has 0 N–H and O–H groups in total. The second-order valence-electron chi connectivity index (χ2n) is 6.00. The second kappa shape index (κ2) is 7.83. The van der Waals surface area contributed by atoms with E-state index in [1.54, 1.807) is 0 Å². The van der Waals surface area contributed by atoms with Gasteiger partial charge < -0.3 is 4.57 Å². The summed E-state index contributed by atoms with van der Waals surface area (Å²) < 4.78 is 15.1. The van der Waals surface area contributed by atoms with Gasteiger partial charge in [0.25, 0.3) is 0 Å². The van der Waals surface area contributed by atoms with Gasteiger partial charge in [0.1, 0.15) is 5.82 Å².